The lowest BCUT2D eigenvalue weighted by atomic mass is 9.95. The molecule has 11 nitrogen and oxygen atoms in total. The second-order valence-electron chi connectivity index (χ2n) is 9.55. The zero-order chi connectivity index (χ0) is 30.1. The van der Waals surface area contributed by atoms with Crippen molar-refractivity contribution in [3.8, 4) is 23.0 Å². The first-order valence-corrected chi connectivity index (χ1v) is 14.1. The number of nitrogens with zero attached hydrogens (tertiary/aromatic N) is 4. The van der Waals surface area contributed by atoms with Crippen LogP contribution < -0.4 is 10.0 Å². The lowest BCUT2D eigenvalue weighted by Gasteiger charge is -2.21. The number of nitrogens with one attached hydrogen (secondary N) is 2. The number of pyridine rings is 2. The molecular formula is C26H23ClF2N6O5S. The number of halogens is 3. The van der Waals surface area contributed by atoms with Gasteiger partial charge in [-0.05, 0) is 68.2 Å². The summed E-state index contributed by atoms with van der Waals surface area (Å²) < 4.78 is 55.1. The van der Waals surface area contributed by atoms with E-state index >= 15 is 0 Å². The molecule has 1 unspecified atom stereocenters. The Morgan fingerprint density at radius 3 is 2.39 bits per heavy atom. The van der Waals surface area contributed by atoms with E-state index in [0.29, 0.717) is 17.2 Å². The predicted molar refractivity (Wildman–Crippen MR) is 147 cm³/mol. The molecule has 3 heterocycles. The second kappa shape index (κ2) is 11.3. The molecule has 0 radical (unpaired) electrons. The van der Waals surface area contributed by atoms with Gasteiger partial charge in [-0.3, -0.25) is 4.72 Å². The summed E-state index contributed by atoms with van der Waals surface area (Å²) in [5.41, 5.74) is -0.197. The molecule has 0 saturated heterocycles. The third-order valence-corrected chi connectivity index (χ3v) is 6.33. The highest BCUT2D eigenvalue weighted by Crippen LogP contribution is 2.34. The van der Waals surface area contributed by atoms with Gasteiger partial charge in [0.25, 0.3) is 0 Å². The molecule has 0 fully saturated rings. The average Bonchev–Trinajstić information content (AvgIpc) is 3.24. The number of aliphatic hydroxyl groups is 1. The molecule has 0 bridgehead atoms. The lowest BCUT2D eigenvalue weighted by molar-refractivity contribution is 0.143. The molecule has 0 aliphatic heterocycles. The van der Waals surface area contributed by atoms with Crippen molar-refractivity contribution in [2.45, 2.75) is 31.9 Å². The van der Waals surface area contributed by atoms with Gasteiger partial charge in [-0.2, -0.15) is 0 Å². The van der Waals surface area contributed by atoms with Crippen LogP contribution in [-0.2, 0) is 16.4 Å². The summed E-state index contributed by atoms with van der Waals surface area (Å²) in [7, 11) is -3.75. The van der Waals surface area contributed by atoms with Crippen LogP contribution in [0.1, 0.15) is 36.8 Å². The van der Waals surface area contributed by atoms with Crippen molar-refractivity contribution in [2.24, 2.45) is 0 Å². The Morgan fingerprint density at radius 1 is 1.12 bits per heavy atom. The van der Waals surface area contributed by atoms with Gasteiger partial charge in [0, 0.05) is 17.2 Å². The number of anilines is 1. The van der Waals surface area contributed by atoms with Gasteiger partial charge < -0.3 is 15.5 Å². The van der Waals surface area contributed by atoms with Crippen LogP contribution in [0.2, 0.25) is 5.15 Å². The predicted octanol–water partition coefficient (Wildman–Crippen LogP) is 3.77. The number of carboxylic acid groups (broad SMARTS) is 1. The van der Waals surface area contributed by atoms with E-state index in [1.54, 1.807) is 12.1 Å². The molecular weight excluding hydrogens is 582 g/mol. The van der Waals surface area contributed by atoms with E-state index in [1.807, 2.05) is 0 Å². The fourth-order valence-electron chi connectivity index (χ4n) is 3.99. The van der Waals surface area contributed by atoms with E-state index in [2.05, 4.69) is 37.1 Å². The maximum Gasteiger partial charge on any atom is 0.405 e. The summed E-state index contributed by atoms with van der Waals surface area (Å²) >= 11 is 6.34. The minimum atomic E-state index is -3.75. The van der Waals surface area contributed by atoms with E-state index in [9.17, 15) is 32.2 Å². The Labute approximate surface area is 238 Å². The topological polar surface area (TPSA) is 159 Å². The molecule has 0 saturated carbocycles. The van der Waals surface area contributed by atoms with Crippen molar-refractivity contribution in [1.82, 2.24) is 24.9 Å². The molecule has 3 aromatic heterocycles. The smallest absolute Gasteiger partial charge is 0.405 e. The Hall–Kier alpha value is -4.32. The Bertz CT molecular complexity index is 1810. The molecule has 41 heavy (non-hydrogen) atoms. The molecule has 15 heteroatoms. The molecule has 4 N–H and O–H groups in total. The van der Waals surface area contributed by atoms with Crippen molar-refractivity contribution in [2.75, 3.05) is 11.0 Å². The highest BCUT2D eigenvalue weighted by molar-refractivity contribution is 7.92. The number of amides is 1. The molecule has 1 amide bonds. The average molecular weight is 605 g/mol. The zero-order valence-corrected chi connectivity index (χ0v) is 23.3. The molecule has 214 valence electrons. The number of sulfonamides is 1. The van der Waals surface area contributed by atoms with E-state index in [4.69, 9.17) is 11.6 Å². The Balaban J connectivity index is 1.96. The number of hydrogen-bond donors (Lipinski definition) is 4. The minimum absolute atomic E-state index is 0.0671. The monoisotopic (exact) mass is 604 g/mol. The molecule has 4 aromatic rings. The summed E-state index contributed by atoms with van der Waals surface area (Å²) in [6.07, 6.45) is -0.713. The van der Waals surface area contributed by atoms with Crippen molar-refractivity contribution in [3.05, 3.63) is 76.2 Å². The summed E-state index contributed by atoms with van der Waals surface area (Å²) in [6.45, 7) is 2.95. The molecule has 0 spiro atoms. The second-order valence-corrected chi connectivity index (χ2v) is 11.7. The standard InChI is InChI=1S/C26H23ClF2N6O5S/c1-26(2,38)9-8-17-4-5-18(19-6-7-21(27)35-23(19)32-33-24(35)34-41(3,39)40)22(30-17)20(31-25(36)37)12-14-10-15(28)13-16(29)11-14/h4-7,10-11,13,20,31,38H,12H2,1-3H3,(H,33,34)(H,36,37). The number of carbonyl (C=O) groups is 1. The summed E-state index contributed by atoms with van der Waals surface area (Å²) in [6, 6.07) is 7.78. The number of benzene rings is 1. The largest absolute Gasteiger partial charge is 0.465 e. The highest BCUT2D eigenvalue weighted by Gasteiger charge is 2.25. The first-order valence-electron chi connectivity index (χ1n) is 11.8. The lowest BCUT2D eigenvalue weighted by Crippen LogP contribution is -2.30. The van der Waals surface area contributed by atoms with E-state index < -0.39 is 39.4 Å². The number of rotatable bonds is 7. The van der Waals surface area contributed by atoms with Crippen LogP contribution in [0.25, 0.3) is 16.8 Å². The van der Waals surface area contributed by atoms with Gasteiger partial charge in [0.15, 0.2) is 5.65 Å². The van der Waals surface area contributed by atoms with E-state index in [0.717, 1.165) is 18.4 Å². The maximum absolute atomic E-state index is 14.0. The highest BCUT2D eigenvalue weighted by atomic mass is 35.5. The SMILES string of the molecule is CC(C)(O)C#Cc1ccc(-c2ccc(Cl)n3c(NS(C)(=O)=O)nnc23)c(C(Cc2cc(F)cc(F)c2)NC(=O)O)n1. The van der Waals surface area contributed by atoms with Gasteiger partial charge in [0.2, 0.25) is 16.0 Å². The molecule has 1 atom stereocenters. The third kappa shape index (κ3) is 7.46. The van der Waals surface area contributed by atoms with Crippen LogP contribution in [-0.4, -0.2) is 56.2 Å². The maximum atomic E-state index is 14.0. The summed E-state index contributed by atoms with van der Waals surface area (Å²) in [5, 5.41) is 30.0. The van der Waals surface area contributed by atoms with Crippen molar-refractivity contribution < 1.29 is 32.2 Å². The van der Waals surface area contributed by atoms with Gasteiger partial charge in [-0.15, -0.1) is 10.2 Å². The van der Waals surface area contributed by atoms with Crippen molar-refractivity contribution in [3.63, 3.8) is 0 Å². The van der Waals surface area contributed by atoms with E-state index in [1.165, 1.54) is 30.4 Å². The van der Waals surface area contributed by atoms with Crippen LogP contribution in [0, 0.1) is 23.5 Å². The van der Waals surface area contributed by atoms with Gasteiger partial charge in [-0.1, -0.05) is 17.5 Å². The third-order valence-electron chi connectivity index (χ3n) is 5.48. The normalized spacial score (nSPS) is 12.5. The fourth-order valence-corrected chi connectivity index (χ4v) is 4.68. The van der Waals surface area contributed by atoms with Crippen LogP contribution >= 0.6 is 11.6 Å². The molecule has 0 aliphatic rings. The van der Waals surface area contributed by atoms with Crippen LogP contribution in [0.3, 0.4) is 0 Å². The van der Waals surface area contributed by atoms with Gasteiger partial charge >= 0.3 is 6.09 Å². The van der Waals surface area contributed by atoms with Gasteiger partial charge in [0.05, 0.1) is 18.0 Å². The Morgan fingerprint density at radius 2 is 1.78 bits per heavy atom. The minimum Gasteiger partial charge on any atom is -0.465 e. The summed E-state index contributed by atoms with van der Waals surface area (Å²) in [4.78, 5) is 16.4. The Kier molecular flexibility index (Phi) is 8.16. The first-order chi connectivity index (χ1) is 19.1. The van der Waals surface area contributed by atoms with Gasteiger partial charge in [-0.25, -0.2) is 31.4 Å². The molecule has 4 rings (SSSR count). The van der Waals surface area contributed by atoms with Crippen molar-refractivity contribution in [1.29, 1.82) is 0 Å². The number of hydrogen-bond acceptors (Lipinski definition) is 7. The molecule has 1 aromatic carbocycles. The first kappa shape index (κ1) is 29.7. The quantitative estimate of drug-likeness (QED) is 0.183. The van der Waals surface area contributed by atoms with Crippen LogP contribution in [0.5, 0.6) is 0 Å². The van der Waals surface area contributed by atoms with Crippen molar-refractivity contribution >= 4 is 39.3 Å². The van der Waals surface area contributed by atoms with Gasteiger partial charge in [0.1, 0.15) is 28.1 Å². The van der Waals surface area contributed by atoms with Crippen LogP contribution in [0.4, 0.5) is 19.5 Å². The zero-order valence-electron chi connectivity index (χ0n) is 21.8. The number of aromatic nitrogens is 4. The molecule has 0 aliphatic carbocycles. The fraction of sp³-hybridized carbons (Fsp3) is 0.231. The number of fused-ring (bicyclic) bond motifs is 1. The summed E-state index contributed by atoms with van der Waals surface area (Å²) in [5.74, 6) is 3.48. The van der Waals surface area contributed by atoms with E-state index in [-0.39, 0.29) is 40.1 Å². The van der Waals surface area contributed by atoms with Crippen LogP contribution in [0.15, 0.2) is 42.5 Å².